The third kappa shape index (κ3) is 2.99. The third-order valence-electron chi connectivity index (χ3n) is 3.36. The number of ether oxygens (including phenoxy) is 1. The van der Waals surface area contributed by atoms with Crippen LogP contribution in [0.3, 0.4) is 0 Å². The molecule has 6 heteroatoms. The lowest BCUT2D eigenvalue weighted by atomic mass is 10.1. The largest absolute Gasteiger partial charge is 0.495 e. The molecule has 0 radical (unpaired) electrons. The number of hydrogen-bond acceptors (Lipinski definition) is 5. The van der Waals surface area contributed by atoms with Crippen molar-refractivity contribution in [1.82, 2.24) is 10.5 Å². The summed E-state index contributed by atoms with van der Waals surface area (Å²) in [6, 6.07) is 4.73. The number of aromatic nitrogens is 1. The van der Waals surface area contributed by atoms with Gasteiger partial charge in [-0.05, 0) is 39.0 Å². The van der Waals surface area contributed by atoms with Gasteiger partial charge in [0.05, 0.1) is 24.5 Å². The van der Waals surface area contributed by atoms with Crippen LogP contribution < -0.4 is 15.8 Å². The molecule has 0 bridgehead atoms. The van der Waals surface area contributed by atoms with E-state index in [1.165, 1.54) is 7.11 Å². The number of benzene rings is 1. The van der Waals surface area contributed by atoms with Crippen molar-refractivity contribution in [1.29, 1.82) is 0 Å². The minimum absolute atomic E-state index is 0.202. The Kier molecular flexibility index (Phi) is 4.16. The van der Waals surface area contributed by atoms with Crippen molar-refractivity contribution in [3.05, 3.63) is 40.8 Å². The second kappa shape index (κ2) is 5.87. The maximum atomic E-state index is 12.3. The lowest BCUT2D eigenvalue weighted by Crippen LogP contribution is -2.27. The lowest BCUT2D eigenvalue weighted by Gasteiger charge is -2.14. The van der Waals surface area contributed by atoms with Gasteiger partial charge in [-0.2, -0.15) is 0 Å². The van der Waals surface area contributed by atoms with Gasteiger partial charge < -0.3 is 20.3 Å². The maximum absolute atomic E-state index is 12.3. The smallest absolute Gasteiger partial charge is 0.251 e. The molecule has 1 aromatic carbocycles. The molecule has 0 aliphatic heterocycles. The Bertz CT molecular complexity index is 645. The monoisotopic (exact) mass is 289 g/mol. The molecule has 0 aliphatic rings. The molecule has 1 atom stereocenters. The number of carbonyl (C=O) groups excluding carboxylic acids is 1. The Balaban J connectivity index is 2.16. The van der Waals surface area contributed by atoms with Crippen molar-refractivity contribution in [2.24, 2.45) is 0 Å². The molecule has 3 N–H and O–H groups in total. The lowest BCUT2D eigenvalue weighted by molar-refractivity contribution is 0.0939. The number of nitrogens with zero attached hydrogens (tertiary/aromatic N) is 1. The van der Waals surface area contributed by atoms with Gasteiger partial charge in [-0.15, -0.1) is 0 Å². The highest BCUT2D eigenvalue weighted by atomic mass is 16.5. The van der Waals surface area contributed by atoms with E-state index >= 15 is 0 Å². The number of nitrogens with one attached hydrogen (secondary N) is 1. The summed E-state index contributed by atoms with van der Waals surface area (Å²) in [5, 5.41) is 6.80. The first-order valence-corrected chi connectivity index (χ1v) is 6.61. The number of nitrogen functional groups attached to an aromatic ring is 1. The van der Waals surface area contributed by atoms with Crippen LogP contribution >= 0.6 is 0 Å². The Morgan fingerprint density at radius 3 is 2.67 bits per heavy atom. The fraction of sp³-hybridized carbons (Fsp3) is 0.333. The zero-order chi connectivity index (χ0) is 15.6. The van der Waals surface area contributed by atoms with Crippen molar-refractivity contribution < 1.29 is 14.1 Å². The molecular formula is C15H19N3O3. The normalized spacial score (nSPS) is 12.0. The number of methoxy groups -OCH3 is 1. The first-order chi connectivity index (χ1) is 9.93. The van der Waals surface area contributed by atoms with E-state index < -0.39 is 0 Å². The van der Waals surface area contributed by atoms with Gasteiger partial charge in [0.1, 0.15) is 11.5 Å². The van der Waals surface area contributed by atoms with Crippen LogP contribution in [0.4, 0.5) is 5.69 Å². The van der Waals surface area contributed by atoms with E-state index in [-0.39, 0.29) is 11.9 Å². The van der Waals surface area contributed by atoms with E-state index in [1.807, 2.05) is 20.8 Å². The van der Waals surface area contributed by atoms with Crippen molar-refractivity contribution in [2.75, 3.05) is 12.8 Å². The van der Waals surface area contributed by atoms with E-state index in [9.17, 15) is 4.79 Å². The van der Waals surface area contributed by atoms with Crippen LogP contribution in [0.5, 0.6) is 5.75 Å². The molecule has 0 aliphatic carbocycles. The molecule has 0 fully saturated rings. The summed E-state index contributed by atoms with van der Waals surface area (Å²) < 4.78 is 10.2. The Hall–Kier alpha value is -2.50. The summed E-state index contributed by atoms with van der Waals surface area (Å²) in [5.74, 6) is 1.04. The molecule has 112 valence electrons. The average Bonchev–Trinajstić information content (AvgIpc) is 2.77. The minimum Gasteiger partial charge on any atom is -0.495 e. The van der Waals surface area contributed by atoms with Gasteiger partial charge in [-0.3, -0.25) is 4.79 Å². The van der Waals surface area contributed by atoms with Crippen LogP contribution in [0.25, 0.3) is 0 Å². The molecule has 0 saturated heterocycles. The minimum atomic E-state index is -0.211. The number of carbonyl (C=O) groups is 1. The van der Waals surface area contributed by atoms with E-state index in [1.54, 1.807) is 18.2 Å². The Morgan fingerprint density at radius 1 is 1.43 bits per heavy atom. The Morgan fingerprint density at radius 2 is 2.14 bits per heavy atom. The SMILES string of the molecule is COc1ccc(C(=O)NC(C)c2c(C)noc2C)cc1N. The van der Waals surface area contributed by atoms with E-state index in [4.69, 9.17) is 15.0 Å². The first-order valence-electron chi connectivity index (χ1n) is 6.61. The molecule has 2 aromatic rings. The van der Waals surface area contributed by atoms with Crippen LogP contribution in [0.2, 0.25) is 0 Å². The molecule has 1 heterocycles. The summed E-state index contributed by atoms with van der Waals surface area (Å²) in [5.41, 5.74) is 8.38. The van der Waals surface area contributed by atoms with Crippen LogP contribution in [-0.2, 0) is 0 Å². The molecule has 2 rings (SSSR count). The predicted octanol–water partition coefficient (Wildman–Crippen LogP) is 2.37. The van der Waals surface area contributed by atoms with Gasteiger partial charge in [0.15, 0.2) is 0 Å². The van der Waals surface area contributed by atoms with E-state index in [0.29, 0.717) is 22.8 Å². The topological polar surface area (TPSA) is 90.4 Å². The van der Waals surface area contributed by atoms with Gasteiger partial charge in [-0.1, -0.05) is 5.16 Å². The second-order valence-corrected chi connectivity index (χ2v) is 4.89. The quantitative estimate of drug-likeness (QED) is 0.843. The number of anilines is 1. The zero-order valence-electron chi connectivity index (χ0n) is 12.6. The highest BCUT2D eigenvalue weighted by molar-refractivity contribution is 5.95. The predicted molar refractivity (Wildman–Crippen MR) is 79.3 cm³/mol. The number of hydrogen-bond donors (Lipinski definition) is 2. The van der Waals surface area contributed by atoms with Gasteiger partial charge >= 0.3 is 0 Å². The van der Waals surface area contributed by atoms with Crippen molar-refractivity contribution >= 4 is 11.6 Å². The number of nitrogens with two attached hydrogens (primary N) is 1. The van der Waals surface area contributed by atoms with Gasteiger partial charge in [0.2, 0.25) is 0 Å². The first kappa shape index (κ1) is 14.9. The van der Waals surface area contributed by atoms with Gasteiger partial charge in [-0.25, -0.2) is 0 Å². The maximum Gasteiger partial charge on any atom is 0.251 e. The van der Waals surface area contributed by atoms with Gasteiger partial charge in [0.25, 0.3) is 5.91 Å². The molecule has 21 heavy (non-hydrogen) atoms. The van der Waals surface area contributed by atoms with Crippen LogP contribution in [0, 0.1) is 13.8 Å². The number of aryl methyl sites for hydroxylation is 2. The summed E-state index contributed by atoms with van der Waals surface area (Å²) in [6.45, 7) is 5.56. The van der Waals surface area contributed by atoms with Crippen molar-refractivity contribution in [2.45, 2.75) is 26.8 Å². The molecule has 1 amide bonds. The molecule has 1 unspecified atom stereocenters. The molecule has 0 saturated carbocycles. The number of rotatable bonds is 4. The summed E-state index contributed by atoms with van der Waals surface area (Å²) in [6.07, 6.45) is 0. The third-order valence-corrected chi connectivity index (χ3v) is 3.36. The van der Waals surface area contributed by atoms with E-state index in [0.717, 1.165) is 11.3 Å². The van der Waals surface area contributed by atoms with Crippen molar-refractivity contribution in [3.8, 4) is 5.75 Å². The Labute approximate surface area is 123 Å². The highest BCUT2D eigenvalue weighted by Gasteiger charge is 2.19. The molecule has 1 aromatic heterocycles. The molecular weight excluding hydrogens is 270 g/mol. The van der Waals surface area contributed by atoms with Crippen LogP contribution in [-0.4, -0.2) is 18.2 Å². The average molecular weight is 289 g/mol. The van der Waals surface area contributed by atoms with Crippen molar-refractivity contribution in [3.63, 3.8) is 0 Å². The number of amides is 1. The van der Waals surface area contributed by atoms with Crippen LogP contribution in [0.15, 0.2) is 22.7 Å². The zero-order valence-corrected chi connectivity index (χ0v) is 12.6. The fourth-order valence-electron chi connectivity index (χ4n) is 2.34. The highest BCUT2D eigenvalue weighted by Crippen LogP contribution is 2.24. The van der Waals surface area contributed by atoms with Gasteiger partial charge in [0, 0.05) is 11.1 Å². The van der Waals surface area contributed by atoms with E-state index in [2.05, 4.69) is 10.5 Å². The summed E-state index contributed by atoms with van der Waals surface area (Å²) in [4.78, 5) is 12.3. The molecule has 6 nitrogen and oxygen atoms in total. The van der Waals surface area contributed by atoms with Crippen LogP contribution in [0.1, 0.15) is 40.3 Å². The second-order valence-electron chi connectivity index (χ2n) is 4.89. The molecule has 0 spiro atoms. The summed E-state index contributed by atoms with van der Waals surface area (Å²) >= 11 is 0. The standard InChI is InChI=1S/C15H19N3O3/c1-8(14-9(2)18-21-10(14)3)17-15(19)11-5-6-13(20-4)12(16)7-11/h5-8H,16H2,1-4H3,(H,17,19). The fourth-order valence-corrected chi connectivity index (χ4v) is 2.34. The summed E-state index contributed by atoms with van der Waals surface area (Å²) in [7, 11) is 1.53.